The number of aliphatic hydroxyl groups is 2. The number of hydrogen-bond acceptors (Lipinski definition) is 3. The molecule has 3 nitrogen and oxygen atoms in total. The molecule has 1 saturated heterocycles. The maximum Gasteiger partial charge on any atom is 0.258 e. The standard InChI is InChI=1S/C11H17F2NO2/c1-7-9(2-3-9)4-5-14(7)11(15,16)8-6-10(8,12)13/h7-8,15-16H,2-6H2,1H3. The zero-order valence-corrected chi connectivity index (χ0v) is 9.29. The van der Waals surface area contributed by atoms with E-state index in [-0.39, 0.29) is 11.5 Å². The molecule has 92 valence electrons. The van der Waals surface area contributed by atoms with Crippen molar-refractivity contribution in [3.8, 4) is 0 Å². The van der Waals surface area contributed by atoms with Crippen LogP contribution >= 0.6 is 0 Å². The average molecular weight is 233 g/mol. The molecule has 3 aliphatic rings. The fourth-order valence-electron chi connectivity index (χ4n) is 3.19. The van der Waals surface area contributed by atoms with Crippen molar-refractivity contribution in [2.45, 2.75) is 50.5 Å². The molecule has 0 bridgehead atoms. The Morgan fingerprint density at radius 3 is 2.19 bits per heavy atom. The van der Waals surface area contributed by atoms with Crippen LogP contribution in [-0.4, -0.2) is 39.5 Å². The smallest absolute Gasteiger partial charge is 0.258 e. The summed E-state index contributed by atoms with van der Waals surface area (Å²) >= 11 is 0. The number of rotatable bonds is 2. The fraction of sp³-hybridized carbons (Fsp3) is 1.00. The summed E-state index contributed by atoms with van der Waals surface area (Å²) in [5, 5.41) is 19.8. The molecule has 1 heterocycles. The SMILES string of the molecule is CC1N(C(O)(O)C2CC2(F)F)CCC12CC2. The van der Waals surface area contributed by atoms with Gasteiger partial charge in [0.15, 0.2) is 0 Å². The van der Waals surface area contributed by atoms with E-state index in [1.54, 1.807) is 0 Å². The molecule has 0 amide bonds. The van der Waals surface area contributed by atoms with Crippen molar-refractivity contribution in [2.75, 3.05) is 6.54 Å². The van der Waals surface area contributed by atoms with Crippen LogP contribution < -0.4 is 0 Å². The van der Waals surface area contributed by atoms with Crippen molar-refractivity contribution < 1.29 is 19.0 Å². The Labute approximate surface area is 93.1 Å². The zero-order valence-electron chi connectivity index (χ0n) is 9.29. The maximum absolute atomic E-state index is 12.9. The second-order valence-corrected chi connectivity index (χ2v) is 5.69. The number of hydrogen-bond donors (Lipinski definition) is 2. The lowest BCUT2D eigenvalue weighted by Gasteiger charge is -2.36. The molecule has 2 saturated carbocycles. The van der Waals surface area contributed by atoms with Crippen LogP contribution in [0.4, 0.5) is 8.78 Å². The number of halogens is 2. The van der Waals surface area contributed by atoms with Crippen molar-refractivity contribution in [2.24, 2.45) is 11.3 Å². The molecule has 0 aromatic rings. The normalized spacial score (nSPS) is 40.3. The lowest BCUT2D eigenvalue weighted by molar-refractivity contribution is -0.292. The quantitative estimate of drug-likeness (QED) is 0.703. The van der Waals surface area contributed by atoms with Crippen molar-refractivity contribution in [3.63, 3.8) is 0 Å². The zero-order chi connectivity index (χ0) is 11.8. The van der Waals surface area contributed by atoms with E-state index in [1.807, 2.05) is 6.92 Å². The maximum atomic E-state index is 12.9. The van der Waals surface area contributed by atoms with Gasteiger partial charge in [-0.25, -0.2) is 13.7 Å². The first kappa shape index (κ1) is 10.9. The topological polar surface area (TPSA) is 43.7 Å². The third-order valence-corrected chi connectivity index (χ3v) is 4.81. The van der Waals surface area contributed by atoms with E-state index in [0.717, 1.165) is 19.3 Å². The summed E-state index contributed by atoms with van der Waals surface area (Å²) in [4.78, 5) is 1.46. The van der Waals surface area contributed by atoms with E-state index in [0.29, 0.717) is 6.54 Å². The van der Waals surface area contributed by atoms with Gasteiger partial charge in [-0.2, -0.15) is 0 Å². The van der Waals surface area contributed by atoms with Gasteiger partial charge in [0.05, 0.1) is 5.92 Å². The lowest BCUT2D eigenvalue weighted by Crippen LogP contribution is -2.54. The molecule has 3 rings (SSSR count). The molecule has 3 fully saturated rings. The summed E-state index contributed by atoms with van der Waals surface area (Å²) in [5.41, 5.74) is 0.181. The van der Waals surface area contributed by atoms with Crippen LogP contribution in [0.25, 0.3) is 0 Å². The minimum absolute atomic E-state index is 0.00102. The Kier molecular flexibility index (Phi) is 1.88. The Balaban J connectivity index is 1.78. The van der Waals surface area contributed by atoms with Gasteiger partial charge < -0.3 is 10.2 Å². The van der Waals surface area contributed by atoms with Crippen LogP contribution in [0.1, 0.15) is 32.6 Å². The van der Waals surface area contributed by atoms with Crippen LogP contribution in [0.15, 0.2) is 0 Å². The molecular formula is C11H17F2NO2. The molecule has 16 heavy (non-hydrogen) atoms. The molecule has 2 unspecified atom stereocenters. The summed E-state index contributed by atoms with van der Waals surface area (Å²) in [7, 11) is 0. The van der Waals surface area contributed by atoms with E-state index in [4.69, 9.17) is 0 Å². The number of likely N-dealkylation sites (tertiary alicyclic amines) is 1. The monoisotopic (exact) mass is 233 g/mol. The number of alkyl halides is 2. The second-order valence-electron chi connectivity index (χ2n) is 5.69. The number of nitrogens with zero attached hydrogens (tertiary/aromatic N) is 1. The van der Waals surface area contributed by atoms with E-state index in [1.165, 1.54) is 4.90 Å². The van der Waals surface area contributed by atoms with Gasteiger partial charge in [-0.3, -0.25) is 0 Å². The highest BCUT2D eigenvalue weighted by Gasteiger charge is 2.70. The first-order valence-corrected chi connectivity index (χ1v) is 5.89. The van der Waals surface area contributed by atoms with Gasteiger partial charge in [0.25, 0.3) is 5.92 Å². The largest absolute Gasteiger partial charge is 0.353 e. The molecule has 5 heteroatoms. The Hall–Kier alpha value is -0.260. The van der Waals surface area contributed by atoms with Gasteiger partial charge in [-0.1, -0.05) is 0 Å². The Morgan fingerprint density at radius 1 is 1.25 bits per heavy atom. The molecule has 0 aromatic carbocycles. The van der Waals surface area contributed by atoms with E-state index < -0.39 is 24.2 Å². The minimum Gasteiger partial charge on any atom is -0.353 e. The highest BCUT2D eigenvalue weighted by atomic mass is 19.3. The van der Waals surface area contributed by atoms with Crippen molar-refractivity contribution in [3.05, 3.63) is 0 Å². The summed E-state index contributed by atoms with van der Waals surface area (Å²) in [6.45, 7) is 2.43. The predicted octanol–water partition coefficient (Wildman–Crippen LogP) is 1.15. The molecule has 1 aliphatic heterocycles. The molecule has 1 spiro atoms. The first-order chi connectivity index (χ1) is 7.30. The first-order valence-electron chi connectivity index (χ1n) is 5.89. The van der Waals surface area contributed by atoms with Crippen LogP contribution in [-0.2, 0) is 0 Å². The Morgan fingerprint density at radius 2 is 1.81 bits per heavy atom. The summed E-state index contributed by atoms with van der Waals surface area (Å²) in [5.74, 6) is -6.53. The van der Waals surface area contributed by atoms with E-state index in [2.05, 4.69) is 0 Å². The molecule has 0 radical (unpaired) electrons. The van der Waals surface area contributed by atoms with Gasteiger partial charge in [0.1, 0.15) is 0 Å². The summed E-state index contributed by atoms with van der Waals surface area (Å²) in [6, 6.07) is -0.00102. The van der Waals surface area contributed by atoms with Crippen LogP contribution in [0.3, 0.4) is 0 Å². The van der Waals surface area contributed by atoms with Crippen molar-refractivity contribution in [1.29, 1.82) is 0 Å². The van der Waals surface area contributed by atoms with Crippen LogP contribution in [0, 0.1) is 11.3 Å². The van der Waals surface area contributed by atoms with E-state index in [9.17, 15) is 19.0 Å². The molecule has 0 aromatic heterocycles. The van der Waals surface area contributed by atoms with Crippen molar-refractivity contribution >= 4 is 0 Å². The van der Waals surface area contributed by atoms with Crippen LogP contribution in [0.2, 0.25) is 0 Å². The highest BCUT2D eigenvalue weighted by Crippen LogP contribution is 2.61. The van der Waals surface area contributed by atoms with Gasteiger partial charge in [0.2, 0.25) is 5.91 Å². The van der Waals surface area contributed by atoms with Gasteiger partial charge >= 0.3 is 0 Å². The Bertz CT molecular complexity index is 328. The molecular weight excluding hydrogens is 216 g/mol. The van der Waals surface area contributed by atoms with Gasteiger partial charge in [-0.05, 0) is 31.6 Å². The lowest BCUT2D eigenvalue weighted by atomic mass is 9.98. The molecule has 2 N–H and O–H groups in total. The predicted molar refractivity (Wildman–Crippen MR) is 52.7 cm³/mol. The summed E-state index contributed by atoms with van der Waals surface area (Å²) < 4.78 is 25.9. The minimum atomic E-state index is -2.90. The average Bonchev–Trinajstić information content (AvgIpc) is 3.00. The van der Waals surface area contributed by atoms with Crippen LogP contribution in [0.5, 0.6) is 0 Å². The second kappa shape index (κ2) is 2.76. The molecule has 2 aliphatic carbocycles. The molecule has 2 atom stereocenters. The third-order valence-electron chi connectivity index (χ3n) is 4.81. The summed E-state index contributed by atoms with van der Waals surface area (Å²) in [6.07, 6.45) is 2.66. The third kappa shape index (κ3) is 1.28. The van der Waals surface area contributed by atoms with Crippen molar-refractivity contribution in [1.82, 2.24) is 4.90 Å². The fourth-order valence-corrected chi connectivity index (χ4v) is 3.19. The van der Waals surface area contributed by atoms with E-state index >= 15 is 0 Å². The van der Waals surface area contributed by atoms with Gasteiger partial charge in [0, 0.05) is 19.0 Å². The highest BCUT2D eigenvalue weighted by molar-refractivity contribution is 5.11. The van der Waals surface area contributed by atoms with Gasteiger partial charge in [-0.15, -0.1) is 0 Å².